The molecule has 0 fully saturated rings. The van der Waals surface area contributed by atoms with Crippen molar-refractivity contribution in [2.45, 2.75) is 11.8 Å². The lowest BCUT2D eigenvalue weighted by atomic mass is 9.72. The first-order valence-electron chi connectivity index (χ1n) is 8.15. The fraction of sp³-hybridized carbons (Fsp3) is 0.105. The number of nitrogens with zero attached hydrogens (tertiary/aromatic N) is 2. The molecule has 2 aliphatic rings. The molecule has 6 nitrogen and oxygen atoms in total. The molecule has 0 bridgehead atoms. The van der Waals surface area contributed by atoms with Crippen LogP contribution in [0.3, 0.4) is 0 Å². The van der Waals surface area contributed by atoms with Gasteiger partial charge in [0, 0.05) is 17.7 Å². The van der Waals surface area contributed by atoms with Crippen LogP contribution in [0.2, 0.25) is 0 Å². The van der Waals surface area contributed by atoms with Crippen molar-refractivity contribution in [1.82, 2.24) is 9.78 Å². The van der Waals surface area contributed by atoms with Gasteiger partial charge in [-0.05, 0) is 35.9 Å². The molecule has 1 spiro atoms. The van der Waals surface area contributed by atoms with Crippen LogP contribution < -0.4 is 10.6 Å². The topological polar surface area (TPSA) is 76.0 Å². The Morgan fingerprint density at radius 3 is 2.58 bits per heavy atom. The molecular formula is C19H13FN4O2. The molecule has 0 saturated carbocycles. The number of anilines is 2. The van der Waals surface area contributed by atoms with Crippen LogP contribution in [0.25, 0.3) is 5.69 Å². The molecule has 0 aliphatic carbocycles. The summed E-state index contributed by atoms with van der Waals surface area (Å²) in [6.45, 7) is 0. The Balaban J connectivity index is 1.75. The second-order valence-corrected chi connectivity index (χ2v) is 6.43. The number of halogens is 1. The van der Waals surface area contributed by atoms with E-state index in [0.717, 1.165) is 5.56 Å². The van der Waals surface area contributed by atoms with Crippen molar-refractivity contribution in [3.63, 3.8) is 0 Å². The maximum absolute atomic E-state index is 13.2. The summed E-state index contributed by atoms with van der Waals surface area (Å²) in [6, 6.07) is 13.1. The fourth-order valence-electron chi connectivity index (χ4n) is 3.83. The Morgan fingerprint density at radius 1 is 1.00 bits per heavy atom. The standard InChI is InChI=1S/C19H13FN4O2/c20-11-5-7-12(8-6-11)24-17-14(10-21-24)19(9-16(25)23-17)13-3-1-2-4-15(13)22-18(19)26/h1-8,10H,9H2,(H,22,26)(H,23,25)/t19-/m1/s1. The smallest absolute Gasteiger partial charge is 0.240 e. The minimum absolute atomic E-state index is 0.0119. The Hall–Kier alpha value is -3.48. The molecule has 3 aromatic rings. The molecule has 0 saturated heterocycles. The van der Waals surface area contributed by atoms with E-state index in [-0.39, 0.29) is 24.1 Å². The van der Waals surface area contributed by atoms with E-state index in [0.29, 0.717) is 22.8 Å². The van der Waals surface area contributed by atoms with Crippen LogP contribution in [0.1, 0.15) is 17.5 Å². The third kappa shape index (κ3) is 1.82. The van der Waals surface area contributed by atoms with Gasteiger partial charge in [0.05, 0.1) is 11.9 Å². The molecule has 7 heteroatoms. The minimum Gasteiger partial charge on any atom is -0.325 e. The number of carbonyl (C=O) groups is 2. The largest absolute Gasteiger partial charge is 0.325 e. The van der Waals surface area contributed by atoms with E-state index in [9.17, 15) is 14.0 Å². The van der Waals surface area contributed by atoms with Gasteiger partial charge in [-0.3, -0.25) is 9.59 Å². The van der Waals surface area contributed by atoms with Crippen molar-refractivity contribution in [1.29, 1.82) is 0 Å². The average Bonchev–Trinajstić information content (AvgIpc) is 3.16. The first kappa shape index (κ1) is 14.8. The van der Waals surface area contributed by atoms with Crippen molar-refractivity contribution >= 4 is 23.3 Å². The van der Waals surface area contributed by atoms with Gasteiger partial charge in [-0.25, -0.2) is 9.07 Å². The number of hydrogen-bond acceptors (Lipinski definition) is 3. The molecule has 1 aromatic heterocycles. The quantitative estimate of drug-likeness (QED) is 0.710. The lowest BCUT2D eigenvalue weighted by Gasteiger charge is -2.31. The normalized spacial score (nSPS) is 20.5. The van der Waals surface area contributed by atoms with Gasteiger partial charge in [-0.15, -0.1) is 0 Å². The molecule has 3 heterocycles. The summed E-state index contributed by atoms with van der Waals surface area (Å²) in [4.78, 5) is 25.4. The molecule has 2 amide bonds. The van der Waals surface area contributed by atoms with Crippen molar-refractivity contribution in [3.8, 4) is 5.69 Å². The summed E-state index contributed by atoms with van der Waals surface area (Å²) in [7, 11) is 0. The van der Waals surface area contributed by atoms with Gasteiger partial charge < -0.3 is 10.6 Å². The van der Waals surface area contributed by atoms with E-state index in [1.165, 1.54) is 16.8 Å². The summed E-state index contributed by atoms with van der Waals surface area (Å²) in [5.41, 5.74) is 1.58. The summed E-state index contributed by atoms with van der Waals surface area (Å²) in [5, 5.41) is 10.0. The first-order valence-corrected chi connectivity index (χ1v) is 8.15. The molecule has 5 rings (SSSR count). The number of fused-ring (bicyclic) bond motifs is 4. The van der Waals surface area contributed by atoms with Crippen LogP contribution in [-0.4, -0.2) is 21.6 Å². The number of carbonyl (C=O) groups excluding carboxylic acids is 2. The molecule has 0 unspecified atom stereocenters. The van der Waals surface area contributed by atoms with Crippen LogP contribution in [0.5, 0.6) is 0 Å². The van der Waals surface area contributed by atoms with Crippen LogP contribution >= 0.6 is 0 Å². The predicted molar refractivity (Wildman–Crippen MR) is 92.6 cm³/mol. The third-order valence-corrected chi connectivity index (χ3v) is 5.01. The minimum atomic E-state index is -1.10. The van der Waals surface area contributed by atoms with Crippen LogP contribution in [0.15, 0.2) is 54.7 Å². The number of amides is 2. The van der Waals surface area contributed by atoms with Crippen molar-refractivity contribution in [2.75, 3.05) is 10.6 Å². The number of rotatable bonds is 1. The zero-order valence-corrected chi connectivity index (χ0v) is 13.5. The highest BCUT2D eigenvalue weighted by molar-refractivity contribution is 6.14. The maximum atomic E-state index is 13.2. The Labute approximate surface area is 147 Å². The van der Waals surface area contributed by atoms with E-state index in [2.05, 4.69) is 15.7 Å². The number of hydrogen-bond donors (Lipinski definition) is 2. The molecule has 2 N–H and O–H groups in total. The lowest BCUT2D eigenvalue weighted by molar-refractivity contribution is -0.125. The van der Waals surface area contributed by atoms with Gasteiger partial charge in [0.1, 0.15) is 17.1 Å². The van der Waals surface area contributed by atoms with Crippen LogP contribution in [0, 0.1) is 5.82 Å². The van der Waals surface area contributed by atoms with E-state index in [4.69, 9.17) is 0 Å². The third-order valence-electron chi connectivity index (χ3n) is 5.01. The van der Waals surface area contributed by atoms with E-state index >= 15 is 0 Å². The SMILES string of the molecule is O=C1C[C@]2(C(=O)Nc3ccccc32)c2cnn(-c3ccc(F)cc3)c2N1. The van der Waals surface area contributed by atoms with Gasteiger partial charge in [0.15, 0.2) is 0 Å². The average molecular weight is 348 g/mol. The molecule has 1 atom stereocenters. The number of nitrogens with one attached hydrogen (secondary N) is 2. The molecule has 0 radical (unpaired) electrons. The molecule has 2 aliphatic heterocycles. The Morgan fingerprint density at radius 2 is 1.77 bits per heavy atom. The van der Waals surface area contributed by atoms with Crippen molar-refractivity contribution in [2.24, 2.45) is 0 Å². The van der Waals surface area contributed by atoms with Gasteiger partial charge in [0.25, 0.3) is 0 Å². The fourth-order valence-corrected chi connectivity index (χ4v) is 3.83. The Kier molecular flexibility index (Phi) is 2.86. The summed E-state index contributed by atoms with van der Waals surface area (Å²) < 4.78 is 14.7. The van der Waals surface area contributed by atoms with Gasteiger partial charge >= 0.3 is 0 Å². The predicted octanol–water partition coefficient (Wildman–Crippen LogP) is 2.59. The van der Waals surface area contributed by atoms with E-state index in [1.54, 1.807) is 18.3 Å². The van der Waals surface area contributed by atoms with Gasteiger partial charge in [0.2, 0.25) is 11.8 Å². The van der Waals surface area contributed by atoms with Crippen molar-refractivity contribution in [3.05, 3.63) is 71.7 Å². The lowest BCUT2D eigenvalue weighted by Crippen LogP contribution is -2.43. The zero-order chi connectivity index (χ0) is 17.9. The second-order valence-electron chi connectivity index (χ2n) is 6.43. The van der Waals surface area contributed by atoms with Gasteiger partial charge in [-0.2, -0.15) is 5.10 Å². The van der Waals surface area contributed by atoms with E-state index in [1.807, 2.05) is 24.3 Å². The first-order chi connectivity index (χ1) is 12.6. The molecular weight excluding hydrogens is 335 g/mol. The summed E-state index contributed by atoms with van der Waals surface area (Å²) in [5.74, 6) is -0.444. The van der Waals surface area contributed by atoms with Gasteiger partial charge in [-0.1, -0.05) is 18.2 Å². The highest BCUT2D eigenvalue weighted by Gasteiger charge is 2.54. The summed E-state index contributed by atoms with van der Waals surface area (Å²) in [6.07, 6.45) is 1.61. The highest BCUT2D eigenvalue weighted by Crippen LogP contribution is 2.49. The maximum Gasteiger partial charge on any atom is 0.240 e. The monoisotopic (exact) mass is 348 g/mol. The Bertz CT molecular complexity index is 1070. The molecule has 128 valence electrons. The number of para-hydroxylation sites is 1. The molecule has 26 heavy (non-hydrogen) atoms. The zero-order valence-electron chi connectivity index (χ0n) is 13.5. The van der Waals surface area contributed by atoms with E-state index < -0.39 is 5.41 Å². The van der Waals surface area contributed by atoms with Crippen LogP contribution in [0.4, 0.5) is 15.9 Å². The number of aromatic nitrogens is 2. The van der Waals surface area contributed by atoms with Crippen LogP contribution in [-0.2, 0) is 15.0 Å². The second kappa shape index (κ2) is 5.01. The highest BCUT2D eigenvalue weighted by atomic mass is 19.1. The van der Waals surface area contributed by atoms with Crippen molar-refractivity contribution < 1.29 is 14.0 Å². The molecule has 2 aromatic carbocycles. The summed E-state index contributed by atoms with van der Waals surface area (Å²) >= 11 is 0. The number of benzene rings is 2.